The quantitative estimate of drug-likeness (QED) is 0.376. The smallest absolute Gasteiger partial charge is 0.411 e. The maximum Gasteiger partial charge on any atom is 0.411 e. The van der Waals surface area contributed by atoms with Crippen LogP contribution in [0.15, 0.2) is 72.8 Å². The Hall–Kier alpha value is -4.17. The van der Waals surface area contributed by atoms with Crippen molar-refractivity contribution in [2.24, 2.45) is 0 Å². The number of carbonyl (C=O) groups excluding carboxylic acids is 2. The van der Waals surface area contributed by atoms with Crippen LogP contribution in [0.1, 0.15) is 29.0 Å². The van der Waals surface area contributed by atoms with Gasteiger partial charge in [0.05, 0.1) is 6.42 Å². The molecule has 0 aromatic heterocycles. The van der Waals surface area contributed by atoms with E-state index in [1.54, 1.807) is 24.3 Å². The average molecular weight is 475 g/mol. The van der Waals surface area contributed by atoms with Crippen LogP contribution in [-0.2, 0) is 20.7 Å². The fourth-order valence-electron chi connectivity index (χ4n) is 4.23. The van der Waals surface area contributed by atoms with E-state index in [1.807, 2.05) is 24.3 Å². The van der Waals surface area contributed by atoms with Gasteiger partial charge in [-0.15, -0.1) is 0 Å². The first kappa shape index (κ1) is 24.0. The second-order valence-corrected chi connectivity index (χ2v) is 8.32. The van der Waals surface area contributed by atoms with E-state index >= 15 is 0 Å². The standard InChI is InChI=1S/C27H26N2O6/c30-24(26(32)33)12-13-28-25(31)15-17-6-5-7-18(14-17)29-27(34)35-16-23-21-10-3-1-8-19(21)20-9-2-4-11-22(20)23/h1-11,14,23-24,30H,12-13,15-16H2,(H,28,31)(H,29,34)(H,32,33). The first-order valence-corrected chi connectivity index (χ1v) is 11.3. The van der Waals surface area contributed by atoms with Crippen LogP contribution in [0.3, 0.4) is 0 Å². The van der Waals surface area contributed by atoms with Crippen molar-refractivity contribution in [2.75, 3.05) is 18.5 Å². The summed E-state index contributed by atoms with van der Waals surface area (Å²) in [5, 5.41) is 23.2. The minimum atomic E-state index is -1.51. The summed E-state index contributed by atoms with van der Waals surface area (Å²) in [6.07, 6.45) is -2.13. The molecule has 180 valence electrons. The van der Waals surface area contributed by atoms with Crippen LogP contribution in [0.4, 0.5) is 10.5 Å². The Morgan fingerprint density at radius 3 is 2.23 bits per heavy atom. The summed E-state index contributed by atoms with van der Waals surface area (Å²) in [4.78, 5) is 35.2. The van der Waals surface area contributed by atoms with Crippen molar-refractivity contribution in [2.45, 2.75) is 24.9 Å². The van der Waals surface area contributed by atoms with Crippen LogP contribution in [-0.4, -0.2) is 47.4 Å². The van der Waals surface area contributed by atoms with Crippen LogP contribution in [0.2, 0.25) is 0 Å². The van der Waals surface area contributed by atoms with Crippen molar-refractivity contribution in [1.82, 2.24) is 5.32 Å². The van der Waals surface area contributed by atoms with Crippen molar-refractivity contribution in [3.8, 4) is 11.1 Å². The molecule has 1 aliphatic carbocycles. The van der Waals surface area contributed by atoms with E-state index in [2.05, 4.69) is 34.9 Å². The molecule has 3 aromatic carbocycles. The Balaban J connectivity index is 1.30. The largest absolute Gasteiger partial charge is 0.479 e. The fourth-order valence-corrected chi connectivity index (χ4v) is 4.23. The number of anilines is 1. The van der Waals surface area contributed by atoms with Crippen molar-refractivity contribution in [1.29, 1.82) is 0 Å². The fraction of sp³-hybridized carbons (Fsp3) is 0.222. The summed E-state index contributed by atoms with van der Waals surface area (Å²) in [5.41, 5.74) is 5.73. The van der Waals surface area contributed by atoms with Gasteiger partial charge in [0.15, 0.2) is 6.10 Å². The Morgan fingerprint density at radius 1 is 0.914 bits per heavy atom. The van der Waals surface area contributed by atoms with E-state index in [9.17, 15) is 19.5 Å². The lowest BCUT2D eigenvalue weighted by molar-refractivity contribution is -0.147. The zero-order valence-corrected chi connectivity index (χ0v) is 18.9. The molecule has 2 amide bonds. The van der Waals surface area contributed by atoms with Gasteiger partial charge in [-0.25, -0.2) is 9.59 Å². The molecule has 4 N–H and O–H groups in total. The average Bonchev–Trinajstić information content (AvgIpc) is 3.16. The van der Waals surface area contributed by atoms with Gasteiger partial charge in [-0.05, 0) is 39.9 Å². The molecule has 0 radical (unpaired) electrons. The molecule has 0 aliphatic heterocycles. The highest BCUT2D eigenvalue weighted by Crippen LogP contribution is 2.44. The SMILES string of the molecule is O=C(Cc1cccc(NC(=O)OCC2c3ccccc3-c3ccccc32)c1)NCCC(O)C(=O)O. The molecule has 3 aromatic rings. The molecule has 35 heavy (non-hydrogen) atoms. The van der Waals surface area contributed by atoms with Gasteiger partial charge in [-0.1, -0.05) is 60.7 Å². The number of aliphatic carboxylic acids is 1. The van der Waals surface area contributed by atoms with E-state index in [0.29, 0.717) is 11.3 Å². The molecule has 0 heterocycles. The molecule has 0 fully saturated rings. The third kappa shape index (κ3) is 5.85. The van der Waals surface area contributed by atoms with Crippen LogP contribution < -0.4 is 10.6 Å². The number of carboxylic acids is 1. The minimum Gasteiger partial charge on any atom is -0.479 e. The predicted molar refractivity (Wildman–Crippen MR) is 130 cm³/mol. The van der Waals surface area contributed by atoms with Crippen LogP contribution >= 0.6 is 0 Å². The highest BCUT2D eigenvalue weighted by Gasteiger charge is 2.29. The van der Waals surface area contributed by atoms with Crippen molar-refractivity contribution in [3.63, 3.8) is 0 Å². The second kappa shape index (κ2) is 10.8. The number of hydrogen-bond acceptors (Lipinski definition) is 5. The van der Waals surface area contributed by atoms with E-state index in [0.717, 1.165) is 22.3 Å². The molecule has 1 aliphatic rings. The normalized spacial score (nSPS) is 12.8. The van der Waals surface area contributed by atoms with E-state index in [4.69, 9.17) is 9.84 Å². The number of carboxylic acid groups (broad SMARTS) is 1. The Morgan fingerprint density at radius 2 is 1.57 bits per heavy atom. The van der Waals surface area contributed by atoms with Crippen LogP contribution in [0.5, 0.6) is 0 Å². The number of aliphatic hydroxyl groups is 1. The zero-order chi connectivity index (χ0) is 24.8. The molecule has 1 unspecified atom stereocenters. The summed E-state index contributed by atoms with van der Waals surface area (Å²) in [6, 6.07) is 23.0. The molecule has 0 saturated heterocycles. The van der Waals surface area contributed by atoms with Crippen molar-refractivity contribution in [3.05, 3.63) is 89.5 Å². The molecule has 0 bridgehead atoms. The lowest BCUT2D eigenvalue weighted by Crippen LogP contribution is -2.30. The third-order valence-electron chi connectivity index (χ3n) is 5.91. The predicted octanol–water partition coefficient (Wildman–Crippen LogP) is 3.54. The molecule has 0 saturated carbocycles. The van der Waals surface area contributed by atoms with Gasteiger partial charge in [0, 0.05) is 24.6 Å². The summed E-state index contributed by atoms with van der Waals surface area (Å²) in [7, 11) is 0. The Kier molecular flexibility index (Phi) is 7.42. The van der Waals surface area contributed by atoms with Crippen molar-refractivity contribution >= 4 is 23.7 Å². The number of ether oxygens (including phenoxy) is 1. The maximum absolute atomic E-state index is 12.5. The molecular formula is C27H26N2O6. The van der Waals surface area contributed by atoms with E-state index < -0.39 is 18.2 Å². The van der Waals surface area contributed by atoms with E-state index in [-0.39, 0.29) is 37.8 Å². The number of hydrogen-bond donors (Lipinski definition) is 4. The number of rotatable bonds is 9. The zero-order valence-electron chi connectivity index (χ0n) is 18.9. The number of benzene rings is 3. The Labute approximate surface area is 202 Å². The molecular weight excluding hydrogens is 448 g/mol. The van der Waals surface area contributed by atoms with Gasteiger partial charge < -0.3 is 20.3 Å². The third-order valence-corrected chi connectivity index (χ3v) is 5.91. The molecule has 4 rings (SSSR count). The van der Waals surface area contributed by atoms with Gasteiger partial charge in [0.25, 0.3) is 0 Å². The maximum atomic E-state index is 12.5. The molecule has 1 atom stereocenters. The summed E-state index contributed by atoms with van der Waals surface area (Å²) in [6.45, 7) is 0.244. The minimum absolute atomic E-state index is 0.0391. The number of nitrogens with one attached hydrogen (secondary N) is 2. The first-order chi connectivity index (χ1) is 16.9. The van der Waals surface area contributed by atoms with Crippen LogP contribution in [0, 0.1) is 0 Å². The van der Waals surface area contributed by atoms with Gasteiger partial charge in [-0.2, -0.15) is 0 Å². The number of amides is 2. The van der Waals surface area contributed by atoms with Gasteiger partial charge in [-0.3, -0.25) is 10.1 Å². The second-order valence-electron chi connectivity index (χ2n) is 8.32. The van der Waals surface area contributed by atoms with E-state index in [1.165, 1.54) is 0 Å². The first-order valence-electron chi connectivity index (χ1n) is 11.3. The number of carbonyl (C=O) groups is 3. The summed E-state index contributed by atoms with van der Waals surface area (Å²) >= 11 is 0. The summed E-state index contributed by atoms with van der Waals surface area (Å²) in [5.74, 6) is -1.69. The highest BCUT2D eigenvalue weighted by molar-refractivity contribution is 5.86. The Bertz CT molecular complexity index is 1200. The highest BCUT2D eigenvalue weighted by atomic mass is 16.5. The topological polar surface area (TPSA) is 125 Å². The lowest BCUT2D eigenvalue weighted by atomic mass is 9.98. The number of aliphatic hydroxyl groups excluding tert-OH is 1. The number of fused-ring (bicyclic) bond motifs is 3. The molecule has 8 nitrogen and oxygen atoms in total. The molecule has 0 spiro atoms. The van der Waals surface area contributed by atoms with Gasteiger partial charge in [0.1, 0.15) is 6.61 Å². The lowest BCUT2D eigenvalue weighted by Gasteiger charge is -2.15. The summed E-state index contributed by atoms with van der Waals surface area (Å²) < 4.78 is 5.56. The van der Waals surface area contributed by atoms with Crippen molar-refractivity contribution < 1.29 is 29.3 Å². The monoisotopic (exact) mass is 474 g/mol. The van der Waals surface area contributed by atoms with Gasteiger partial charge in [0.2, 0.25) is 5.91 Å². The van der Waals surface area contributed by atoms with Crippen LogP contribution in [0.25, 0.3) is 11.1 Å². The molecule has 8 heteroatoms. The van der Waals surface area contributed by atoms with Gasteiger partial charge >= 0.3 is 12.1 Å².